The zero-order valence-corrected chi connectivity index (χ0v) is 55.4. The molecule has 0 heterocycles. The molecule has 0 rings (SSSR count). The lowest BCUT2D eigenvalue weighted by atomic mass is 9.99. The van der Waals surface area contributed by atoms with E-state index in [1.165, 1.54) is 109 Å². The third-order valence-electron chi connectivity index (χ3n) is 15.0. The number of rotatable bonds is 62. The van der Waals surface area contributed by atoms with Gasteiger partial charge in [0.25, 0.3) is 0 Å². The van der Waals surface area contributed by atoms with E-state index in [2.05, 4.69) is 48.5 Å². The van der Waals surface area contributed by atoms with Crippen LogP contribution in [-0.4, -0.2) is 96.7 Å². The molecule has 0 aliphatic carbocycles. The van der Waals surface area contributed by atoms with Crippen LogP contribution in [0.1, 0.15) is 312 Å². The highest BCUT2D eigenvalue weighted by molar-refractivity contribution is 7.47. The van der Waals surface area contributed by atoms with Crippen molar-refractivity contribution in [2.24, 2.45) is 17.8 Å². The molecule has 0 aromatic carbocycles. The van der Waals surface area contributed by atoms with Crippen LogP contribution in [-0.2, 0) is 65.4 Å². The van der Waals surface area contributed by atoms with Crippen molar-refractivity contribution in [1.82, 2.24) is 0 Å². The van der Waals surface area contributed by atoms with Crippen LogP contribution in [0.4, 0.5) is 0 Å². The van der Waals surface area contributed by atoms with Gasteiger partial charge in [-0.1, -0.05) is 260 Å². The van der Waals surface area contributed by atoms with Crippen molar-refractivity contribution in [3.05, 3.63) is 0 Å². The third-order valence-corrected chi connectivity index (χ3v) is 16.9. The van der Waals surface area contributed by atoms with Gasteiger partial charge in [0.15, 0.2) is 12.2 Å². The Labute approximate surface area is 505 Å². The van der Waals surface area contributed by atoms with Crippen molar-refractivity contribution < 1.29 is 80.2 Å². The number of phosphoric ester groups is 2. The first-order chi connectivity index (χ1) is 39.8. The fourth-order valence-electron chi connectivity index (χ4n) is 9.45. The molecule has 0 aliphatic rings. The number of ether oxygens (including phenoxy) is 4. The molecule has 0 radical (unpaired) electrons. The molecule has 3 N–H and O–H groups in total. The smallest absolute Gasteiger partial charge is 0.462 e. The van der Waals surface area contributed by atoms with E-state index >= 15 is 0 Å². The average Bonchev–Trinajstić information content (AvgIpc) is 3.45. The summed E-state index contributed by atoms with van der Waals surface area (Å²) in [6, 6.07) is 0. The summed E-state index contributed by atoms with van der Waals surface area (Å²) < 4.78 is 67.9. The van der Waals surface area contributed by atoms with Crippen molar-refractivity contribution in [1.29, 1.82) is 0 Å². The SMILES string of the molecule is CCCCCCCCCC(=O)OC[C@H](COP(=O)(O)OC[C@H](O)COP(=O)(O)OC[C@@H](COC(=O)CCCCCCCCCCC(C)CC)OC(=O)CCCCCCCCCCCCCCC(C)C)OC(=O)CCCCCCCCC(C)C. The van der Waals surface area contributed by atoms with Gasteiger partial charge in [0.2, 0.25) is 0 Å². The Balaban J connectivity index is 5.22. The summed E-state index contributed by atoms with van der Waals surface area (Å²) in [5, 5.41) is 10.5. The van der Waals surface area contributed by atoms with E-state index in [0.29, 0.717) is 31.6 Å². The normalized spacial score (nSPS) is 14.7. The Morgan fingerprint density at radius 2 is 0.614 bits per heavy atom. The zero-order valence-electron chi connectivity index (χ0n) is 53.6. The number of hydrogen-bond acceptors (Lipinski definition) is 15. The predicted octanol–water partition coefficient (Wildman–Crippen LogP) is 17.5. The van der Waals surface area contributed by atoms with E-state index in [4.69, 9.17) is 37.0 Å². The number of phosphoric acid groups is 2. The van der Waals surface area contributed by atoms with E-state index in [1.807, 2.05) is 0 Å². The second kappa shape index (κ2) is 55.4. The van der Waals surface area contributed by atoms with Crippen LogP contribution in [0.25, 0.3) is 0 Å². The molecule has 0 aliphatic heterocycles. The van der Waals surface area contributed by atoms with E-state index in [0.717, 1.165) is 115 Å². The van der Waals surface area contributed by atoms with Crippen molar-refractivity contribution in [2.45, 2.75) is 330 Å². The second-order valence-electron chi connectivity index (χ2n) is 24.3. The second-order valence-corrected chi connectivity index (χ2v) is 27.3. The molecule has 6 atom stereocenters. The minimum Gasteiger partial charge on any atom is -0.462 e. The Morgan fingerprint density at radius 3 is 0.916 bits per heavy atom. The molecule has 0 amide bonds. The molecule has 19 heteroatoms. The average molecular weight is 1230 g/mol. The highest BCUT2D eigenvalue weighted by Crippen LogP contribution is 2.45. The number of carbonyl (C=O) groups excluding carboxylic acids is 4. The van der Waals surface area contributed by atoms with E-state index in [1.54, 1.807) is 0 Å². The number of aliphatic hydroxyl groups is 1. The summed E-state index contributed by atoms with van der Waals surface area (Å²) in [6.45, 7) is 11.7. The van der Waals surface area contributed by atoms with Gasteiger partial charge in [-0.3, -0.25) is 37.3 Å². The highest BCUT2D eigenvalue weighted by Gasteiger charge is 2.30. The van der Waals surface area contributed by atoms with Crippen LogP contribution in [0.2, 0.25) is 0 Å². The molecule has 0 fully saturated rings. The number of aliphatic hydroxyl groups excluding tert-OH is 1. The fourth-order valence-corrected chi connectivity index (χ4v) is 11.0. The number of unbranched alkanes of at least 4 members (excludes halogenated alkanes) is 29. The third kappa shape index (κ3) is 57.6. The molecule has 83 heavy (non-hydrogen) atoms. The van der Waals surface area contributed by atoms with Crippen LogP contribution in [0.15, 0.2) is 0 Å². The maximum absolute atomic E-state index is 13.0. The van der Waals surface area contributed by atoms with Crippen molar-refractivity contribution in [3.63, 3.8) is 0 Å². The predicted molar refractivity (Wildman–Crippen MR) is 331 cm³/mol. The maximum Gasteiger partial charge on any atom is 0.472 e. The zero-order chi connectivity index (χ0) is 61.7. The molecule has 17 nitrogen and oxygen atoms in total. The Bertz CT molecular complexity index is 1650. The fraction of sp³-hybridized carbons (Fsp3) is 0.938. The van der Waals surface area contributed by atoms with Crippen LogP contribution in [0.5, 0.6) is 0 Å². The monoisotopic (exact) mass is 1230 g/mol. The van der Waals surface area contributed by atoms with Gasteiger partial charge in [-0.2, -0.15) is 0 Å². The quantitative estimate of drug-likeness (QED) is 0.0222. The number of esters is 4. The van der Waals surface area contributed by atoms with Crippen molar-refractivity contribution in [3.8, 4) is 0 Å². The van der Waals surface area contributed by atoms with Crippen LogP contribution in [0.3, 0.4) is 0 Å². The van der Waals surface area contributed by atoms with Gasteiger partial charge < -0.3 is 33.8 Å². The first-order valence-corrected chi connectivity index (χ1v) is 36.4. The summed E-state index contributed by atoms with van der Waals surface area (Å²) in [7, 11) is -9.88. The van der Waals surface area contributed by atoms with Crippen LogP contribution < -0.4 is 0 Å². The van der Waals surface area contributed by atoms with E-state index < -0.39 is 97.5 Å². The molecule has 0 bridgehead atoms. The molecular weight excluding hydrogens is 1100 g/mol. The van der Waals surface area contributed by atoms with E-state index in [-0.39, 0.29) is 25.7 Å². The molecule has 492 valence electrons. The Morgan fingerprint density at radius 1 is 0.349 bits per heavy atom. The largest absolute Gasteiger partial charge is 0.472 e. The lowest BCUT2D eigenvalue weighted by molar-refractivity contribution is -0.161. The van der Waals surface area contributed by atoms with Gasteiger partial charge in [0.05, 0.1) is 26.4 Å². The summed E-state index contributed by atoms with van der Waals surface area (Å²) in [6.07, 6.45) is 36.4. The molecule has 0 saturated carbocycles. The van der Waals surface area contributed by atoms with Crippen molar-refractivity contribution in [2.75, 3.05) is 39.6 Å². The topological polar surface area (TPSA) is 237 Å². The van der Waals surface area contributed by atoms with Gasteiger partial charge in [-0.25, -0.2) is 9.13 Å². The van der Waals surface area contributed by atoms with Crippen LogP contribution >= 0.6 is 15.6 Å². The summed E-state index contributed by atoms with van der Waals surface area (Å²) in [5.74, 6) is 0.0803. The lowest BCUT2D eigenvalue weighted by Crippen LogP contribution is -2.30. The van der Waals surface area contributed by atoms with Crippen LogP contribution in [0, 0.1) is 17.8 Å². The minimum atomic E-state index is -4.95. The molecule has 0 spiro atoms. The van der Waals surface area contributed by atoms with Gasteiger partial charge >= 0.3 is 39.5 Å². The molecular formula is C64H124O17P2. The molecule has 0 aromatic rings. The number of carbonyl (C=O) groups is 4. The number of hydrogen-bond donors (Lipinski definition) is 3. The molecule has 3 unspecified atom stereocenters. The van der Waals surface area contributed by atoms with E-state index in [9.17, 15) is 43.2 Å². The highest BCUT2D eigenvalue weighted by atomic mass is 31.2. The van der Waals surface area contributed by atoms with Gasteiger partial charge in [0.1, 0.15) is 19.3 Å². The molecule has 0 aromatic heterocycles. The Hall–Kier alpha value is -1.94. The van der Waals surface area contributed by atoms with Gasteiger partial charge in [0, 0.05) is 25.7 Å². The summed E-state index contributed by atoms with van der Waals surface area (Å²) >= 11 is 0. The first kappa shape index (κ1) is 81.1. The Kier molecular flexibility index (Phi) is 54.1. The first-order valence-electron chi connectivity index (χ1n) is 33.4. The summed E-state index contributed by atoms with van der Waals surface area (Å²) in [4.78, 5) is 72.1. The lowest BCUT2D eigenvalue weighted by Gasteiger charge is -2.21. The standard InChI is InChI=1S/C64H124O17P2/c1-8-10-11-12-21-31-38-45-61(66)74-51-60(81-64(69)48-41-34-27-26-29-36-43-56(5)6)54-79-83(72,73)77-50-58(65)49-76-82(70,71)78-53-59(52-75-62(67)46-39-32-24-20-19-23-30-37-44-57(7)9-2)80-63(68)47-40-33-25-18-16-14-13-15-17-22-28-35-42-55(3)4/h55-60,65H,8-54H2,1-7H3,(H,70,71)(H,72,73)/t57?,58-,59-,60-/m1/s1. The summed E-state index contributed by atoms with van der Waals surface area (Å²) in [5.41, 5.74) is 0. The van der Waals surface area contributed by atoms with Gasteiger partial charge in [-0.05, 0) is 43.4 Å². The van der Waals surface area contributed by atoms with Crippen molar-refractivity contribution >= 4 is 39.5 Å². The van der Waals surface area contributed by atoms with Gasteiger partial charge in [-0.15, -0.1) is 0 Å². The molecule has 0 saturated heterocycles. The minimum absolute atomic E-state index is 0.101. The maximum atomic E-state index is 13.0.